The lowest BCUT2D eigenvalue weighted by molar-refractivity contribution is -0.118. The summed E-state index contributed by atoms with van der Waals surface area (Å²) in [5.41, 5.74) is 5.97. The maximum Gasteiger partial charge on any atom is 0.407 e. The summed E-state index contributed by atoms with van der Waals surface area (Å²) >= 11 is 0. The average molecular weight is 545 g/mol. The number of imidazole rings is 1. The number of nitrogens with zero attached hydrogens (tertiary/aromatic N) is 2. The summed E-state index contributed by atoms with van der Waals surface area (Å²) in [5.74, 6) is 0.490. The molecule has 4 aromatic rings. The van der Waals surface area contributed by atoms with Gasteiger partial charge in [0.05, 0.1) is 19.2 Å². The number of rotatable bonds is 11. The lowest BCUT2D eigenvalue weighted by atomic mass is 10.1. The number of carbonyl (C=O) groups is 3. The molecular weight excluding hydrogens is 516 g/mol. The van der Waals surface area contributed by atoms with Gasteiger partial charge in [0, 0.05) is 6.20 Å². The molecule has 4 rings (SSSR count). The van der Waals surface area contributed by atoms with E-state index in [1.165, 1.54) is 23.8 Å². The number of allylic oxidation sites excluding steroid dienone is 1. The largest absolute Gasteiger partial charge is 0.455 e. The van der Waals surface area contributed by atoms with Crippen LogP contribution < -0.4 is 26.7 Å². The highest BCUT2D eigenvalue weighted by molar-refractivity contribution is 5.96. The number of fused-ring (bicyclic) bond motifs is 1. The summed E-state index contributed by atoms with van der Waals surface area (Å²) in [4.78, 5) is 56.6. The number of aromatic nitrogens is 3. The van der Waals surface area contributed by atoms with Gasteiger partial charge < -0.3 is 35.4 Å². The van der Waals surface area contributed by atoms with Crippen molar-refractivity contribution in [2.75, 3.05) is 12.4 Å². The van der Waals surface area contributed by atoms with E-state index < -0.39 is 29.5 Å². The first-order chi connectivity index (χ1) is 19.3. The van der Waals surface area contributed by atoms with E-state index in [-0.39, 0.29) is 25.1 Å². The van der Waals surface area contributed by atoms with E-state index in [0.717, 1.165) is 11.6 Å². The molecule has 0 spiro atoms. The molecule has 12 nitrogen and oxygen atoms in total. The van der Waals surface area contributed by atoms with Crippen molar-refractivity contribution in [2.45, 2.75) is 25.4 Å². The minimum Gasteiger partial charge on any atom is -0.455 e. The Hall–Kier alpha value is -5.39. The molecule has 0 unspecified atom stereocenters. The van der Waals surface area contributed by atoms with E-state index in [4.69, 9.17) is 10.5 Å². The number of alkyl carbamates (subject to hydrolysis) is 1. The Morgan fingerprint density at radius 1 is 1.10 bits per heavy atom. The summed E-state index contributed by atoms with van der Waals surface area (Å²) in [7, 11) is 1.17. The number of pyridine rings is 1. The Labute approximate surface area is 228 Å². The highest BCUT2D eigenvalue weighted by Crippen LogP contribution is 2.28. The highest BCUT2D eigenvalue weighted by atomic mass is 16.5. The fraction of sp³-hybridized carbons (Fsp3) is 0.179. The van der Waals surface area contributed by atoms with Gasteiger partial charge in [-0.15, -0.1) is 0 Å². The number of primary amides is 1. The van der Waals surface area contributed by atoms with Crippen molar-refractivity contribution in [3.63, 3.8) is 0 Å². The first-order valence-corrected chi connectivity index (χ1v) is 12.4. The smallest absolute Gasteiger partial charge is 0.407 e. The topological polar surface area (TPSA) is 170 Å². The lowest BCUT2D eigenvalue weighted by Crippen LogP contribution is -2.44. The monoisotopic (exact) mass is 544 g/mol. The van der Waals surface area contributed by atoms with Gasteiger partial charge in [0.1, 0.15) is 28.8 Å². The quantitative estimate of drug-likeness (QED) is 0.210. The fourth-order valence-corrected chi connectivity index (χ4v) is 3.90. The first-order valence-electron chi connectivity index (χ1n) is 12.4. The normalized spacial score (nSPS) is 11.7. The second-order valence-electron chi connectivity index (χ2n) is 8.67. The van der Waals surface area contributed by atoms with Gasteiger partial charge in [-0.2, -0.15) is 0 Å². The van der Waals surface area contributed by atoms with Crippen LogP contribution >= 0.6 is 0 Å². The third-order valence-electron chi connectivity index (χ3n) is 5.79. The second kappa shape index (κ2) is 12.9. The lowest BCUT2D eigenvalue weighted by Gasteiger charge is -2.17. The predicted molar refractivity (Wildman–Crippen MR) is 148 cm³/mol. The molecule has 2 aromatic carbocycles. The van der Waals surface area contributed by atoms with Crippen LogP contribution in [0.25, 0.3) is 11.0 Å². The van der Waals surface area contributed by atoms with Crippen molar-refractivity contribution < 1.29 is 23.9 Å². The van der Waals surface area contributed by atoms with E-state index in [1.807, 2.05) is 48.5 Å². The molecule has 3 amide bonds. The highest BCUT2D eigenvalue weighted by Gasteiger charge is 2.22. The molecule has 0 radical (unpaired) electrons. The maximum absolute atomic E-state index is 13.2. The third kappa shape index (κ3) is 7.13. The molecule has 0 saturated heterocycles. The Morgan fingerprint density at radius 3 is 2.65 bits per heavy atom. The van der Waals surface area contributed by atoms with Gasteiger partial charge in [-0.1, -0.05) is 30.3 Å². The molecule has 2 aromatic heterocycles. The van der Waals surface area contributed by atoms with Gasteiger partial charge in [-0.3, -0.25) is 14.4 Å². The number of anilines is 1. The number of aromatic amines is 1. The zero-order valence-corrected chi connectivity index (χ0v) is 21.6. The molecule has 0 aliphatic heterocycles. The van der Waals surface area contributed by atoms with Crippen molar-refractivity contribution in [3.05, 3.63) is 95.2 Å². The SMILES string of the molecule is COC(=O)N[C@@H](CC/C=C/C(N)=O)C(=O)Nc1cccn(Cc2nc3c(Oc4ccccc4)cccc3[nH]2)c1=O. The Morgan fingerprint density at radius 2 is 1.90 bits per heavy atom. The molecule has 0 aliphatic carbocycles. The molecule has 206 valence electrons. The van der Waals surface area contributed by atoms with Gasteiger partial charge in [0.15, 0.2) is 5.75 Å². The molecule has 0 fully saturated rings. The predicted octanol–water partition coefficient (Wildman–Crippen LogP) is 3.05. The van der Waals surface area contributed by atoms with Crippen LogP contribution in [0.4, 0.5) is 10.5 Å². The van der Waals surface area contributed by atoms with E-state index in [1.54, 1.807) is 12.3 Å². The average Bonchev–Trinajstić information content (AvgIpc) is 3.36. The number of H-pyrrole nitrogens is 1. The van der Waals surface area contributed by atoms with Crippen LogP contribution in [0.3, 0.4) is 0 Å². The summed E-state index contributed by atoms with van der Waals surface area (Å²) < 4.78 is 12.0. The van der Waals surface area contributed by atoms with Crippen molar-refractivity contribution in [1.29, 1.82) is 0 Å². The molecule has 5 N–H and O–H groups in total. The van der Waals surface area contributed by atoms with Gasteiger partial charge >= 0.3 is 6.09 Å². The van der Waals surface area contributed by atoms with Gasteiger partial charge in [0.2, 0.25) is 11.8 Å². The minimum atomic E-state index is -1.03. The molecular formula is C28H28N6O6. The minimum absolute atomic E-state index is 0.0149. The molecule has 12 heteroatoms. The van der Waals surface area contributed by atoms with E-state index in [9.17, 15) is 19.2 Å². The van der Waals surface area contributed by atoms with E-state index >= 15 is 0 Å². The van der Waals surface area contributed by atoms with Gasteiger partial charge in [-0.25, -0.2) is 9.78 Å². The van der Waals surface area contributed by atoms with E-state index in [0.29, 0.717) is 22.8 Å². The number of amides is 3. The Kier molecular flexibility index (Phi) is 8.92. The molecule has 0 aliphatic rings. The summed E-state index contributed by atoms with van der Waals surface area (Å²) in [6, 6.07) is 16.9. The van der Waals surface area contributed by atoms with Crippen LogP contribution in [-0.4, -0.2) is 45.6 Å². The van der Waals surface area contributed by atoms with Gasteiger partial charge in [-0.05, 0) is 55.3 Å². The van der Waals surface area contributed by atoms with Crippen LogP contribution in [0.2, 0.25) is 0 Å². The number of hydrogen-bond acceptors (Lipinski definition) is 7. The van der Waals surface area contributed by atoms with Crippen LogP contribution in [0.15, 0.2) is 83.8 Å². The van der Waals surface area contributed by atoms with Crippen LogP contribution in [0, 0.1) is 0 Å². The molecule has 1 atom stereocenters. The number of methoxy groups -OCH3 is 1. The zero-order valence-electron chi connectivity index (χ0n) is 21.6. The number of nitrogens with two attached hydrogens (primary N) is 1. The Bertz CT molecular complexity index is 1590. The number of hydrogen-bond donors (Lipinski definition) is 4. The summed E-state index contributed by atoms with van der Waals surface area (Å²) in [6.07, 6.45) is 3.82. The second-order valence-corrected chi connectivity index (χ2v) is 8.67. The fourth-order valence-electron chi connectivity index (χ4n) is 3.90. The number of nitrogens with one attached hydrogen (secondary N) is 3. The third-order valence-corrected chi connectivity index (χ3v) is 5.79. The summed E-state index contributed by atoms with van der Waals surface area (Å²) in [5, 5.41) is 5.00. The van der Waals surface area contributed by atoms with Crippen LogP contribution in [-0.2, 0) is 20.9 Å². The maximum atomic E-state index is 13.2. The van der Waals surface area contributed by atoms with Crippen molar-refractivity contribution in [2.24, 2.45) is 5.73 Å². The molecule has 2 heterocycles. The molecule has 40 heavy (non-hydrogen) atoms. The standard InChI is InChI=1S/C28H28N6O6/c1-39-28(38)32-20(11-5-6-15-23(29)35)26(36)31-21-13-8-16-34(27(21)37)17-24-30-19-12-7-14-22(25(19)33-24)40-18-9-3-2-4-10-18/h2-4,6-10,12-16,20H,5,11,17H2,1H3,(H2,29,35)(H,30,33)(H,31,36)(H,32,38)/b15-6+/t20-/m0/s1. The summed E-state index contributed by atoms with van der Waals surface area (Å²) in [6.45, 7) is 0.101. The first kappa shape index (κ1) is 27.6. The van der Waals surface area contributed by atoms with Crippen LogP contribution in [0.1, 0.15) is 18.7 Å². The number of ether oxygens (including phenoxy) is 2. The number of para-hydroxylation sites is 2. The van der Waals surface area contributed by atoms with Crippen molar-refractivity contribution in [1.82, 2.24) is 19.9 Å². The molecule has 0 saturated carbocycles. The number of carbonyl (C=O) groups excluding carboxylic acids is 3. The van der Waals surface area contributed by atoms with Crippen molar-refractivity contribution >= 4 is 34.6 Å². The van der Waals surface area contributed by atoms with Gasteiger partial charge in [0.25, 0.3) is 5.56 Å². The zero-order chi connectivity index (χ0) is 28.5. The number of benzene rings is 2. The van der Waals surface area contributed by atoms with E-state index in [2.05, 4.69) is 25.3 Å². The van der Waals surface area contributed by atoms with Crippen molar-refractivity contribution in [3.8, 4) is 11.5 Å². The Balaban J connectivity index is 1.50. The molecule has 0 bridgehead atoms. The van der Waals surface area contributed by atoms with Crippen LogP contribution in [0.5, 0.6) is 11.5 Å².